The second-order valence-corrected chi connectivity index (χ2v) is 5.37. The van der Waals surface area contributed by atoms with Gasteiger partial charge in [-0.15, -0.1) is 0 Å². The van der Waals surface area contributed by atoms with E-state index in [0.717, 1.165) is 0 Å². The predicted octanol–water partition coefficient (Wildman–Crippen LogP) is 2.35. The average Bonchev–Trinajstić information content (AvgIpc) is 2.28. The van der Waals surface area contributed by atoms with Gasteiger partial charge < -0.3 is 15.2 Å². The minimum Gasteiger partial charge on any atom is -0.480 e. The molecule has 0 fully saturated rings. The normalized spacial score (nSPS) is 12.6. The average molecular weight is 283 g/mol. The molecule has 0 aromatic heterocycles. The van der Waals surface area contributed by atoms with Crippen LogP contribution in [0.3, 0.4) is 0 Å². The van der Waals surface area contributed by atoms with Crippen molar-refractivity contribution in [3.63, 3.8) is 0 Å². The number of halogens is 1. The van der Waals surface area contributed by atoms with Gasteiger partial charge in [0.2, 0.25) is 0 Å². The van der Waals surface area contributed by atoms with E-state index in [1.807, 2.05) is 0 Å². The molecule has 0 heterocycles. The summed E-state index contributed by atoms with van der Waals surface area (Å²) in [6.07, 6.45) is -0.749. The number of carbonyl (C=O) groups is 2. The highest BCUT2D eigenvalue weighted by Gasteiger charge is 2.24. The van der Waals surface area contributed by atoms with E-state index >= 15 is 0 Å². The quantitative estimate of drug-likeness (QED) is 0.889. The lowest BCUT2D eigenvalue weighted by atomic mass is 10.1. The number of benzene rings is 1. The van der Waals surface area contributed by atoms with Crippen LogP contribution in [-0.2, 0) is 16.0 Å². The summed E-state index contributed by atoms with van der Waals surface area (Å²) in [4.78, 5) is 22.7. The lowest BCUT2D eigenvalue weighted by Crippen LogP contribution is -2.44. The van der Waals surface area contributed by atoms with Crippen molar-refractivity contribution in [2.45, 2.75) is 38.8 Å². The maximum Gasteiger partial charge on any atom is 0.408 e. The molecule has 2 N–H and O–H groups in total. The van der Waals surface area contributed by atoms with Crippen LogP contribution in [0.1, 0.15) is 26.3 Å². The van der Waals surface area contributed by atoms with Crippen molar-refractivity contribution in [1.82, 2.24) is 5.32 Å². The van der Waals surface area contributed by atoms with E-state index in [1.165, 1.54) is 24.3 Å². The highest BCUT2D eigenvalue weighted by atomic mass is 19.1. The van der Waals surface area contributed by atoms with E-state index in [2.05, 4.69) is 5.32 Å². The second-order valence-electron chi connectivity index (χ2n) is 5.37. The zero-order chi connectivity index (χ0) is 15.3. The molecule has 6 heteroatoms. The minimum absolute atomic E-state index is 0.0505. The van der Waals surface area contributed by atoms with Gasteiger partial charge in [-0.1, -0.05) is 12.1 Å². The number of rotatable bonds is 4. The third-order valence-corrected chi connectivity index (χ3v) is 2.34. The molecule has 0 aliphatic rings. The number of hydrogen-bond donors (Lipinski definition) is 2. The molecule has 110 valence electrons. The van der Waals surface area contributed by atoms with Gasteiger partial charge in [-0.05, 0) is 38.5 Å². The number of carboxylic acids is 1. The Morgan fingerprint density at radius 1 is 1.30 bits per heavy atom. The molecule has 20 heavy (non-hydrogen) atoms. The van der Waals surface area contributed by atoms with Gasteiger partial charge >= 0.3 is 12.1 Å². The fourth-order valence-electron chi connectivity index (χ4n) is 1.51. The van der Waals surface area contributed by atoms with Crippen molar-refractivity contribution in [1.29, 1.82) is 0 Å². The molecule has 0 saturated carbocycles. The molecule has 1 rings (SSSR count). The highest BCUT2D eigenvalue weighted by molar-refractivity contribution is 5.80. The van der Waals surface area contributed by atoms with Crippen LogP contribution in [0, 0.1) is 5.82 Å². The van der Waals surface area contributed by atoms with Crippen LogP contribution in [0.4, 0.5) is 9.18 Å². The standard InChI is InChI=1S/C14H18FNO4/c1-14(2,3)20-13(19)16-11(12(17)18)8-9-4-6-10(15)7-5-9/h4-7,11H,8H2,1-3H3,(H,16,19)(H,17,18). The molecule has 1 amide bonds. The molecule has 1 aromatic carbocycles. The first kappa shape index (κ1) is 15.9. The van der Waals surface area contributed by atoms with Gasteiger partial charge in [0.05, 0.1) is 0 Å². The van der Waals surface area contributed by atoms with E-state index in [1.54, 1.807) is 20.8 Å². The fraction of sp³-hybridized carbons (Fsp3) is 0.429. The highest BCUT2D eigenvalue weighted by Crippen LogP contribution is 2.09. The topological polar surface area (TPSA) is 75.6 Å². The summed E-state index contributed by atoms with van der Waals surface area (Å²) in [5.41, 5.74) is -0.0990. The van der Waals surface area contributed by atoms with Crippen molar-refractivity contribution in [3.8, 4) is 0 Å². The zero-order valence-corrected chi connectivity index (χ0v) is 11.6. The summed E-state index contributed by atoms with van der Waals surface area (Å²) in [7, 11) is 0. The fourth-order valence-corrected chi connectivity index (χ4v) is 1.51. The summed E-state index contributed by atoms with van der Waals surface area (Å²) < 4.78 is 17.8. The van der Waals surface area contributed by atoms with E-state index in [4.69, 9.17) is 9.84 Å². The van der Waals surface area contributed by atoms with Crippen LogP contribution in [0.2, 0.25) is 0 Å². The van der Waals surface area contributed by atoms with Crippen LogP contribution in [0.25, 0.3) is 0 Å². The Morgan fingerprint density at radius 3 is 2.30 bits per heavy atom. The molecule has 0 saturated heterocycles. The molecular weight excluding hydrogens is 265 g/mol. The SMILES string of the molecule is CC(C)(C)OC(=O)NC(Cc1ccc(F)cc1)C(=O)O. The number of carbonyl (C=O) groups excluding carboxylic acids is 1. The Labute approximate surface area is 116 Å². The number of alkyl carbamates (subject to hydrolysis) is 1. The van der Waals surface area contributed by atoms with E-state index in [-0.39, 0.29) is 6.42 Å². The summed E-state index contributed by atoms with van der Waals surface area (Å²) in [6, 6.07) is 4.29. The minimum atomic E-state index is -1.18. The third-order valence-electron chi connectivity index (χ3n) is 2.34. The molecular formula is C14H18FNO4. The number of ether oxygens (including phenoxy) is 1. The number of carboxylic acid groups (broad SMARTS) is 1. The molecule has 1 aromatic rings. The maximum atomic E-state index is 12.8. The van der Waals surface area contributed by atoms with Gasteiger partial charge in [0, 0.05) is 6.42 Å². The summed E-state index contributed by atoms with van der Waals surface area (Å²) >= 11 is 0. The molecule has 0 aliphatic heterocycles. The Hall–Kier alpha value is -2.11. The first-order valence-electron chi connectivity index (χ1n) is 6.14. The van der Waals surface area contributed by atoms with Crippen molar-refractivity contribution >= 4 is 12.1 Å². The van der Waals surface area contributed by atoms with Gasteiger partial charge in [0.1, 0.15) is 17.5 Å². The van der Waals surface area contributed by atoms with Crippen molar-refractivity contribution in [3.05, 3.63) is 35.6 Å². The molecule has 0 aliphatic carbocycles. The Kier molecular flexibility index (Phi) is 5.07. The maximum absolute atomic E-state index is 12.8. The van der Waals surface area contributed by atoms with E-state index in [9.17, 15) is 14.0 Å². The van der Waals surface area contributed by atoms with Gasteiger partial charge in [-0.25, -0.2) is 14.0 Å². The van der Waals surface area contributed by atoms with E-state index < -0.39 is 29.5 Å². The Bertz CT molecular complexity index is 479. The number of nitrogens with one attached hydrogen (secondary N) is 1. The Balaban J connectivity index is 2.68. The second kappa shape index (κ2) is 6.36. The van der Waals surface area contributed by atoms with Gasteiger partial charge in [0.15, 0.2) is 0 Å². The first-order valence-corrected chi connectivity index (χ1v) is 6.14. The van der Waals surface area contributed by atoms with Gasteiger partial charge in [0.25, 0.3) is 0 Å². The number of aliphatic carboxylic acids is 1. The molecule has 1 atom stereocenters. The molecule has 0 radical (unpaired) electrons. The zero-order valence-electron chi connectivity index (χ0n) is 11.6. The van der Waals surface area contributed by atoms with Crippen LogP contribution in [-0.4, -0.2) is 28.8 Å². The third kappa shape index (κ3) is 5.69. The van der Waals surface area contributed by atoms with Crippen LogP contribution < -0.4 is 5.32 Å². The van der Waals surface area contributed by atoms with Crippen LogP contribution in [0.15, 0.2) is 24.3 Å². The lowest BCUT2D eigenvalue weighted by Gasteiger charge is -2.22. The van der Waals surface area contributed by atoms with Crippen molar-refractivity contribution in [2.24, 2.45) is 0 Å². The van der Waals surface area contributed by atoms with Gasteiger partial charge in [-0.3, -0.25) is 0 Å². The number of amides is 1. The largest absolute Gasteiger partial charge is 0.480 e. The first-order chi connectivity index (χ1) is 9.17. The summed E-state index contributed by atoms with van der Waals surface area (Å²) in [5.74, 6) is -1.58. The lowest BCUT2D eigenvalue weighted by molar-refractivity contribution is -0.139. The van der Waals surface area contributed by atoms with E-state index in [0.29, 0.717) is 5.56 Å². The van der Waals surface area contributed by atoms with Crippen LogP contribution in [0.5, 0.6) is 0 Å². The van der Waals surface area contributed by atoms with Gasteiger partial charge in [-0.2, -0.15) is 0 Å². The Morgan fingerprint density at radius 2 is 1.85 bits per heavy atom. The summed E-state index contributed by atoms with van der Waals surface area (Å²) in [5, 5.41) is 11.4. The molecule has 5 nitrogen and oxygen atoms in total. The monoisotopic (exact) mass is 283 g/mol. The smallest absolute Gasteiger partial charge is 0.408 e. The van der Waals surface area contributed by atoms with Crippen LogP contribution >= 0.6 is 0 Å². The predicted molar refractivity (Wildman–Crippen MR) is 70.9 cm³/mol. The molecule has 1 unspecified atom stereocenters. The van der Waals surface area contributed by atoms with Crippen molar-refractivity contribution < 1.29 is 23.8 Å². The van der Waals surface area contributed by atoms with Crippen molar-refractivity contribution in [2.75, 3.05) is 0 Å². The summed E-state index contributed by atoms with van der Waals surface area (Å²) in [6.45, 7) is 5.05. The molecule has 0 bridgehead atoms. The molecule has 0 spiro atoms. The number of hydrogen-bond acceptors (Lipinski definition) is 3.